The number of sulfonamides is 2. The van der Waals surface area contributed by atoms with Crippen molar-refractivity contribution in [2.24, 2.45) is 5.14 Å². The van der Waals surface area contributed by atoms with Crippen molar-refractivity contribution in [1.82, 2.24) is 19.9 Å². The fourth-order valence-electron chi connectivity index (χ4n) is 7.50. The molecule has 14 nitrogen and oxygen atoms in total. The van der Waals surface area contributed by atoms with Crippen LogP contribution in [0.5, 0.6) is 11.5 Å². The lowest BCUT2D eigenvalue weighted by Crippen LogP contribution is -2.34. The summed E-state index contributed by atoms with van der Waals surface area (Å²) in [7, 11) is -9.55. The highest BCUT2D eigenvalue weighted by atomic mass is 79.9. The summed E-state index contributed by atoms with van der Waals surface area (Å²) in [5.74, 6) is 4.75. The Morgan fingerprint density at radius 2 is 1.14 bits per heavy atom. The van der Waals surface area contributed by atoms with Crippen molar-refractivity contribution >= 4 is 70.6 Å². The third-order valence-corrected chi connectivity index (χ3v) is 14.2. The molecule has 6 aromatic carbocycles. The molecule has 18 heteroatoms. The van der Waals surface area contributed by atoms with Crippen LogP contribution in [-0.4, -0.2) is 59.5 Å². The monoisotopic (exact) mass is 1050 g/mol. The Morgan fingerprint density at radius 1 is 0.671 bits per heavy atom. The summed E-state index contributed by atoms with van der Waals surface area (Å²) in [6, 6.07) is 40.6. The van der Waals surface area contributed by atoms with E-state index in [1.165, 1.54) is 67.1 Å². The highest BCUT2D eigenvalue weighted by Gasteiger charge is 2.24. The fourth-order valence-corrected chi connectivity index (χ4v) is 10.2. The van der Waals surface area contributed by atoms with Crippen LogP contribution in [-0.2, 0) is 33.3 Å². The third kappa shape index (κ3) is 14.1. The van der Waals surface area contributed by atoms with Crippen molar-refractivity contribution in [2.75, 3.05) is 0 Å². The van der Waals surface area contributed by atoms with Gasteiger partial charge in [0, 0.05) is 14.9 Å². The van der Waals surface area contributed by atoms with E-state index in [0.29, 0.717) is 24.6 Å². The number of nitrogens with one attached hydrogen (secondary N) is 2. The molecule has 0 spiro atoms. The van der Waals surface area contributed by atoms with Gasteiger partial charge in [-0.3, -0.25) is 0 Å². The number of fused-ring (bicyclic) bond motifs is 2. The number of H-pyrrole nitrogens is 2. The van der Waals surface area contributed by atoms with E-state index < -0.39 is 32.7 Å². The van der Waals surface area contributed by atoms with Gasteiger partial charge in [-0.25, -0.2) is 31.9 Å². The molecule has 0 unspecified atom stereocenters. The van der Waals surface area contributed by atoms with Gasteiger partial charge in [0.15, 0.2) is 0 Å². The highest BCUT2D eigenvalue weighted by Crippen LogP contribution is 2.41. The third-order valence-electron chi connectivity index (χ3n) is 11.0. The predicted molar refractivity (Wildman–Crippen MR) is 282 cm³/mol. The van der Waals surface area contributed by atoms with Crippen LogP contribution in [0.4, 0.5) is 0 Å². The van der Waals surface area contributed by atoms with E-state index in [2.05, 4.69) is 64.9 Å². The lowest BCUT2D eigenvalue weighted by atomic mass is 9.80. The van der Waals surface area contributed by atoms with Crippen molar-refractivity contribution in [3.05, 3.63) is 165 Å². The van der Waals surface area contributed by atoms with Gasteiger partial charge in [0.05, 0.1) is 27.0 Å². The Kier molecular flexibility index (Phi) is 17.2. The average Bonchev–Trinajstić information content (AvgIpc) is 4.25. The molecule has 0 saturated heterocycles. The van der Waals surface area contributed by atoms with Crippen LogP contribution >= 0.6 is 15.9 Å². The van der Waals surface area contributed by atoms with Crippen LogP contribution in [0.25, 0.3) is 37.9 Å². The first-order chi connectivity index (χ1) is 32.4. The van der Waals surface area contributed by atoms with Gasteiger partial charge in [0.2, 0.25) is 10.0 Å². The molecule has 0 radical (unpaired) electrons. The molecule has 8 aromatic rings. The predicted octanol–water partition coefficient (Wildman–Crippen LogP) is 10.6. The van der Waals surface area contributed by atoms with Gasteiger partial charge >= 0.3 is 7.12 Å². The van der Waals surface area contributed by atoms with E-state index >= 15 is 0 Å². The maximum absolute atomic E-state index is 12.0. The minimum atomic E-state index is -3.89. The number of hydrogen-bond donors (Lipinski definition) is 5. The Bertz CT molecular complexity index is 3260. The Balaban J connectivity index is 0.000000178. The molecule has 0 bridgehead atoms. The number of rotatable bonds is 13. The van der Waals surface area contributed by atoms with E-state index in [-0.39, 0.29) is 30.1 Å². The number of nitrogens with two attached hydrogens (primary N) is 1. The van der Waals surface area contributed by atoms with Crippen molar-refractivity contribution < 1.29 is 36.4 Å². The number of primary sulfonamides is 1. The van der Waals surface area contributed by atoms with Gasteiger partial charge in [-0.1, -0.05) is 118 Å². The van der Waals surface area contributed by atoms with Gasteiger partial charge in [-0.2, -0.15) is 0 Å². The van der Waals surface area contributed by atoms with Crippen molar-refractivity contribution in [2.45, 2.75) is 102 Å². The molecule has 368 valence electrons. The average molecular weight is 1050 g/mol. The summed E-state index contributed by atoms with van der Waals surface area (Å²) >= 11 is 3.46. The van der Waals surface area contributed by atoms with Crippen LogP contribution in [0.3, 0.4) is 0 Å². The smallest absolute Gasteiger partial charge is 0.489 e. The molecule has 70 heavy (non-hydrogen) atoms. The molecule has 2 saturated carbocycles. The molecule has 2 aromatic heterocycles. The number of aromatic nitrogens is 4. The fraction of sp³-hybridized carbons (Fsp3) is 0.269. The van der Waals surface area contributed by atoms with Gasteiger partial charge in [-0.05, 0) is 126 Å². The number of halogens is 1. The SMILES string of the molecule is Brc1ccc2nc(COc3ccc(C4CC4)cc3)[nH]c2c1.C.C.CC(C)(C)[N-]S(=O)(=O)c1ccccc1B(O)O.NS(=O)(=O)c1ccccc1-c1ccc2nc(COc3ccc(C4CC4)cc3)[nH]c2c1. The quantitative estimate of drug-likeness (QED) is 0.0687. The first-order valence-electron chi connectivity index (χ1n) is 22.0. The number of ether oxygens (including phenoxy) is 2. The maximum Gasteiger partial charge on any atom is 0.489 e. The number of aromatic amines is 2. The molecule has 2 fully saturated rings. The Hall–Kier alpha value is -5.86. The summed E-state index contributed by atoms with van der Waals surface area (Å²) in [4.78, 5) is 15.5. The zero-order chi connectivity index (χ0) is 48.2. The van der Waals surface area contributed by atoms with Crippen LogP contribution in [0.15, 0.2) is 148 Å². The molecule has 10 rings (SSSR count). The van der Waals surface area contributed by atoms with E-state index in [1.54, 1.807) is 39.0 Å². The van der Waals surface area contributed by atoms with Gasteiger partial charge in [0.25, 0.3) is 0 Å². The Labute approximate surface area is 419 Å². The van der Waals surface area contributed by atoms with Crippen molar-refractivity contribution in [3.8, 4) is 22.6 Å². The lowest BCUT2D eigenvalue weighted by molar-refractivity contribution is 0.297. The molecule has 0 amide bonds. The van der Waals surface area contributed by atoms with Crippen LogP contribution in [0.1, 0.15) is 95.9 Å². The van der Waals surface area contributed by atoms with E-state index in [0.717, 1.165) is 61.3 Å². The normalized spacial score (nSPS) is 13.5. The van der Waals surface area contributed by atoms with Crippen molar-refractivity contribution in [1.29, 1.82) is 0 Å². The van der Waals surface area contributed by atoms with Crippen LogP contribution in [0, 0.1) is 0 Å². The number of hydrogen-bond acceptors (Lipinski definition) is 10. The molecule has 2 aliphatic carbocycles. The zero-order valence-electron chi connectivity index (χ0n) is 37.6. The molecule has 0 atom stereocenters. The topological polar surface area (TPSA) is 225 Å². The van der Waals surface area contributed by atoms with Gasteiger partial charge < -0.3 is 34.2 Å². The van der Waals surface area contributed by atoms with Crippen LogP contribution in [0.2, 0.25) is 0 Å². The Morgan fingerprint density at radius 3 is 1.63 bits per heavy atom. The summed E-state index contributed by atoms with van der Waals surface area (Å²) in [5.41, 5.74) is 6.85. The summed E-state index contributed by atoms with van der Waals surface area (Å²) < 4.78 is 64.2. The summed E-state index contributed by atoms with van der Waals surface area (Å²) in [6.45, 7) is 5.74. The standard InChI is InChI=1S/C23H21N3O3S.C17H15BrN2O.C10H15BNO4S.2CH4/c24-30(27,28)22-4-2-1-3-19(22)17-9-12-20-21(13-17)26-23(25-20)14-29-18-10-7-16(8-11-18)15-5-6-15;18-13-5-8-15-16(9-13)20-17(19-15)10-21-14-6-3-12(4-7-14)11-1-2-11;1-10(2,3)12-17(15,16)9-7-5-4-6-8(9)11(13)14;;/h1-4,7-13,15H,5-6,14H2,(H,25,26)(H2,24,27,28);3-9,11H,1-2,10H2,(H,19,20);4-7,13-14H,1-3H3;2*1H4/q;;-1;;. The second-order valence-electron chi connectivity index (χ2n) is 17.7. The first kappa shape index (κ1) is 53.5. The van der Waals surface area contributed by atoms with Gasteiger partial charge in [-0.15, -0.1) is 5.54 Å². The minimum absolute atomic E-state index is 0. The van der Waals surface area contributed by atoms with E-state index in [1.807, 2.05) is 60.7 Å². The first-order valence-corrected chi connectivity index (χ1v) is 25.8. The molecular weight excluding hydrogens is 991 g/mol. The lowest BCUT2D eigenvalue weighted by Gasteiger charge is -2.36. The number of nitrogens with zero attached hydrogens (tertiary/aromatic N) is 3. The molecule has 6 N–H and O–H groups in total. The van der Waals surface area contributed by atoms with E-state index in [4.69, 9.17) is 24.7 Å². The largest absolute Gasteiger partial charge is 0.540 e. The second kappa shape index (κ2) is 22.5. The van der Waals surface area contributed by atoms with Crippen molar-refractivity contribution in [3.63, 3.8) is 0 Å². The number of benzene rings is 6. The maximum atomic E-state index is 12.0. The molecule has 0 aliphatic heterocycles. The molecular formula is C52H59BBrN6O8S2-. The molecule has 2 heterocycles. The van der Waals surface area contributed by atoms with Gasteiger partial charge in [0.1, 0.15) is 46.4 Å². The van der Waals surface area contributed by atoms with E-state index in [9.17, 15) is 16.8 Å². The van der Waals surface area contributed by atoms with Crippen LogP contribution < -0.4 is 20.1 Å². The highest BCUT2D eigenvalue weighted by molar-refractivity contribution is 9.10. The number of imidazole rings is 2. The zero-order valence-corrected chi connectivity index (χ0v) is 40.9. The second-order valence-corrected chi connectivity index (χ2v) is 21.7. The summed E-state index contributed by atoms with van der Waals surface area (Å²) in [6.07, 6.45) is 5.22. The summed E-state index contributed by atoms with van der Waals surface area (Å²) in [5, 5.41) is 23.6. The minimum Gasteiger partial charge on any atom is -0.540 e. The molecule has 2 aliphatic rings.